The molecule has 3 nitrogen and oxygen atoms in total. The van der Waals surface area contributed by atoms with Crippen LogP contribution in [0.5, 0.6) is 0 Å². The van der Waals surface area contributed by atoms with Gasteiger partial charge in [0.2, 0.25) is 0 Å². The van der Waals surface area contributed by atoms with Crippen LogP contribution in [-0.4, -0.2) is 11.5 Å². The maximum atomic E-state index is 13.6. The van der Waals surface area contributed by atoms with Crippen LogP contribution in [0.25, 0.3) is 0 Å². The summed E-state index contributed by atoms with van der Waals surface area (Å²) in [7, 11) is 0. The predicted octanol–water partition coefficient (Wildman–Crippen LogP) is 4.19. The van der Waals surface area contributed by atoms with Gasteiger partial charge in [0.15, 0.2) is 23.3 Å². The first-order valence-electron chi connectivity index (χ1n) is 5.72. The van der Waals surface area contributed by atoms with Crippen molar-refractivity contribution in [1.29, 1.82) is 0 Å². The third kappa shape index (κ3) is 3.32. The summed E-state index contributed by atoms with van der Waals surface area (Å²) in [6, 6.07) is 7.48. The number of nitrogens with one attached hydrogen (secondary N) is 2. The number of anilines is 3. The Kier molecular flexibility index (Phi) is 4.16. The van der Waals surface area contributed by atoms with E-state index in [4.69, 9.17) is 11.6 Å². The summed E-state index contributed by atoms with van der Waals surface area (Å²) < 4.78 is 27.0. The van der Waals surface area contributed by atoms with Crippen LogP contribution < -0.4 is 10.6 Å². The molecule has 1 aromatic carbocycles. The lowest BCUT2D eigenvalue weighted by Gasteiger charge is -2.10. The lowest BCUT2D eigenvalue weighted by Crippen LogP contribution is -2.06. The molecular weight excluding hydrogens is 272 g/mol. The van der Waals surface area contributed by atoms with E-state index in [1.807, 2.05) is 0 Å². The lowest BCUT2D eigenvalue weighted by atomic mass is 10.3. The van der Waals surface area contributed by atoms with Crippen LogP contribution in [0.4, 0.5) is 26.1 Å². The molecule has 0 bridgehead atoms. The van der Waals surface area contributed by atoms with E-state index in [1.54, 1.807) is 31.2 Å². The Morgan fingerprint density at radius 3 is 2.37 bits per heavy atom. The molecule has 0 amide bonds. The molecule has 1 heterocycles. The number of halogens is 3. The molecule has 0 fully saturated rings. The van der Waals surface area contributed by atoms with Crippen LogP contribution in [0.15, 0.2) is 30.3 Å². The Hall–Kier alpha value is -1.88. The van der Waals surface area contributed by atoms with E-state index >= 15 is 0 Å². The SMILES string of the molecule is CCNc1nc(Nc2ccc(Cl)cc2)c(F)cc1F. The summed E-state index contributed by atoms with van der Waals surface area (Å²) in [5.41, 5.74) is 0.616. The number of aromatic nitrogens is 1. The van der Waals surface area contributed by atoms with E-state index < -0.39 is 11.6 Å². The molecule has 2 rings (SSSR count). The highest BCUT2D eigenvalue weighted by Gasteiger charge is 2.11. The number of rotatable bonds is 4. The van der Waals surface area contributed by atoms with Crippen LogP contribution in [0.2, 0.25) is 5.02 Å². The van der Waals surface area contributed by atoms with Crippen LogP contribution in [0.1, 0.15) is 6.92 Å². The first-order chi connectivity index (χ1) is 9.10. The van der Waals surface area contributed by atoms with E-state index in [0.29, 0.717) is 17.3 Å². The minimum Gasteiger partial charge on any atom is -0.368 e. The number of nitrogens with zero attached hydrogens (tertiary/aromatic N) is 1. The number of hydrogen-bond donors (Lipinski definition) is 2. The van der Waals surface area contributed by atoms with Gasteiger partial charge in [0.25, 0.3) is 0 Å². The Bertz CT molecular complexity index is 573. The highest BCUT2D eigenvalue weighted by atomic mass is 35.5. The summed E-state index contributed by atoms with van der Waals surface area (Å²) in [4.78, 5) is 3.87. The van der Waals surface area contributed by atoms with Crippen molar-refractivity contribution < 1.29 is 8.78 Å². The highest BCUT2D eigenvalue weighted by Crippen LogP contribution is 2.23. The molecule has 0 spiro atoms. The fourth-order valence-electron chi connectivity index (χ4n) is 1.52. The largest absolute Gasteiger partial charge is 0.368 e. The standard InChI is InChI=1S/C13H12ClF2N3/c1-2-17-12-10(15)7-11(16)13(19-12)18-9-5-3-8(14)4-6-9/h3-7H,2H2,1H3,(H2,17,18,19). The second-order valence-electron chi connectivity index (χ2n) is 3.81. The third-order valence-corrected chi connectivity index (χ3v) is 2.63. The van der Waals surface area contributed by atoms with Crippen molar-refractivity contribution in [2.45, 2.75) is 6.92 Å². The van der Waals surface area contributed by atoms with Gasteiger partial charge in [-0.05, 0) is 31.2 Å². The summed E-state index contributed by atoms with van der Waals surface area (Å²) in [6.45, 7) is 2.30. The molecule has 0 atom stereocenters. The average Bonchev–Trinajstić information content (AvgIpc) is 2.38. The van der Waals surface area contributed by atoms with Gasteiger partial charge in [-0.25, -0.2) is 13.8 Å². The zero-order valence-corrected chi connectivity index (χ0v) is 10.9. The zero-order chi connectivity index (χ0) is 13.8. The van der Waals surface area contributed by atoms with Gasteiger partial charge < -0.3 is 10.6 Å². The van der Waals surface area contributed by atoms with Crippen LogP contribution >= 0.6 is 11.6 Å². The fraction of sp³-hybridized carbons (Fsp3) is 0.154. The summed E-state index contributed by atoms with van der Waals surface area (Å²) in [6.07, 6.45) is 0. The monoisotopic (exact) mass is 283 g/mol. The second kappa shape index (κ2) is 5.84. The predicted molar refractivity (Wildman–Crippen MR) is 73.1 cm³/mol. The molecule has 0 aliphatic carbocycles. The molecule has 2 N–H and O–H groups in total. The van der Waals surface area contributed by atoms with Crippen molar-refractivity contribution in [3.63, 3.8) is 0 Å². The maximum Gasteiger partial charge on any atom is 0.169 e. The van der Waals surface area contributed by atoms with E-state index in [2.05, 4.69) is 15.6 Å². The van der Waals surface area contributed by atoms with Crippen LogP contribution in [0.3, 0.4) is 0 Å². The molecule has 0 aliphatic rings. The Labute approximate surface area is 114 Å². The molecule has 0 unspecified atom stereocenters. The zero-order valence-electron chi connectivity index (χ0n) is 10.2. The van der Waals surface area contributed by atoms with Crippen molar-refractivity contribution in [1.82, 2.24) is 4.98 Å². The van der Waals surface area contributed by atoms with Gasteiger partial charge in [-0.3, -0.25) is 0 Å². The third-order valence-electron chi connectivity index (χ3n) is 2.38. The Morgan fingerprint density at radius 1 is 1.11 bits per heavy atom. The molecule has 1 aromatic heterocycles. The van der Waals surface area contributed by atoms with Gasteiger partial charge >= 0.3 is 0 Å². The van der Waals surface area contributed by atoms with E-state index in [0.717, 1.165) is 6.07 Å². The van der Waals surface area contributed by atoms with Crippen molar-refractivity contribution in [3.05, 3.63) is 47.0 Å². The van der Waals surface area contributed by atoms with Gasteiger partial charge in [0.05, 0.1) is 0 Å². The first-order valence-corrected chi connectivity index (χ1v) is 6.10. The molecule has 0 saturated heterocycles. The van der Waals surface area contributed by atoms with E-state index in [-0.39, 0.29) is 11.6 Å². The Morgan fingerprint density at radius 2 is 1.74 bits per heavy atom. The smallest absolute Gasteiger partial charge is 0.169 e. The minimum absolute atomic E-state index is 0.0142. The van der Waals surface area contributed by atoms with Gasteiger partial charge in [-0.2, -0.15) is 0 Å². The lowest BCUT2D eigenvalue weighted by molar-refractivity contribution is 0.579. The molecule has 0 aliphatic heterocycles. The molecule has 100 valence electrons. The highest BCUT2D eigenvalue weighted by molar-refractivity contribution is 6.30. The topological polar surface area (TPSA) is 37.0 Å². The Balaban J connectivity index is 2.28. The normalized spacial score (nSPS) is 10.3. The average molecular weight is 284 g/mol. The van der Waals surface area contributed by atoms with Crippen molar-refractivity contribution in [2.75, 3.05) is 17.2 Å². The number of hydrogen-bond acceptors (Lipinski definition) is 3. The van der Waals surface area contributed by atoms with Gasteiger partial charge in [-0.15, -0.1) is 0 Å². The van der Waals surface area contributed by atoms with Crippen molar-refractivity contribution in [2.24, 2.45) is 0 Å². The minimum atomic E-state index is -0.755. The van der Waals surface area contributed by atoms with Crippen molar-refractivity contribution >= 4 is 28.9 Å². The summed E-state index contributed by atoms with van der Waals surface area (Å²) >= 11 is 5.76. The van der Waals surface area contributed by atoms with Gasteiger partial charge in [-0.1, -0.05) is 11.6 Å². The van der Waals surface area contributed by atoms with Gasteiger partial charge in [0, 0.05) is 23.3 Å². The first kappa shape index (κ1) is 13.5. The molecular formula is C13H12ClF2N3. The number of benzene rings is 1. The molecule has 19 heavy (non-hydrogen) atoms. The summed E-state index contributed by atoms with van der Waals surface area (Å²) in [5, 5.41) is 6.07. The molecule has 6 heteroatoms. The molecule has 0 radical (unpaired) electrons. The molecule has 2 aromatic rings. The fourth-order valence-corrected chi connectivity index (χ4v) is 1.64. The quantitative estimate of drug-likeness (QED) is 0.883. The second-order valence-corrected chi connectivity index (χ2v) is 4.25. The van der Waals surface area contributed by atoms with E-state index in [9.17, 15) is 8.78 Å². The molecule has 0 saturated carbocycles. The number of pyridine rings is 1. The van der Waals surface area contributed by atoms with Crippen LogP contribution in [-0.2, 0) is 0 Å². The maximum absolute atomic E-state index is 13.6. The van der Waals surface area contributed by atoms with Crippen molar-refractivity contribution in [3.8, 4) is 0 Å². The van der Waals surface area contributed by atoms with E-state index in [1.165, 1.54) is 0 Å². The van der Waals surface area contributed by atoms with Gasteiger partial charge in [0.1, 0.15) is 0 Å². The van der Waals surface area contributed by atoms with Crippen LogP contribution in [0, 0.1) is 11.6 Å². The summed E-state index contributed by atoms with van der Waals surface area (Å²) in [5.74, 6) is -1.50.